The predicted molar refractivity (Wildman–Crippen MR) is 97.5 cm³/mol. The lowest BCUT2D eigenvalue weighted by atomic mass is 10.0. The van der Waals surface area contributed by atoms with E-state index in [4.69, 9.17) is 27.9 Å². The zero-order chi connectivity index (χ0) is 17.4. The van der Waals surface area contributed by atoms with Crippen molar-refractivity contribution in [2.24, 2.45) is 0 Å². The minimum Gasteiger partial charge on any atom is -0.372 e. The van der Waals surface area contributed by atoms with E-state index in [0.717, 1.165) is 28.1 Å². The molecular formula is C19H13Cl2FN2O. The second-order valence-electron chi connectivity index (χ2n) is 5.74. The Hall–Kier alpha value is -2.14. The number of halogens is 3. The topological polar surface area (TPSA) is 27.1 Å². The lowest BCUT2D eigenvalue weighted by molar-refractivity contribution is 0.146. The minimum absolute atomic E-state index is 0.263. The highest BCUT2D eigenvalue weighted by molar-refractivity contribution is 6.35. The maximum absolute atomic E-state index is 13.1. The molecule has 0 saturated carbocycles. The van der Waals surface area contributed by atoms with Gasteiger partial charge in [-0.05, 0) is 42.0 Å². The van der Waals surface area contributed by atoms with Crippen LogP contribution in [0.3, 0.4) is 0 Å². The van der Waals surface area contributed by atoms with Crippen LogP contribution in [0.25, 0.3) is 17.3 Å². The highest BCUT2D eigenvalue weighted by atomic mass is 35.5. The average Bonchev–Trinajstić information content (AvgIpc) is 3.02. The number of aromatic nitrogens is 2. The first-order valence-electron chi connectivity index (χ1n) is 7.68. The molecule has 0 atom stereocenters. The molecule has 0 aliphatic carbocycles. The zero-order valence-electron chi connectivity index (χ0n) is 13.0. The summed E-state index contributed by atoms with van der Waals surface area (Å²) in [7, 11) is 0. The van der Waals surface area contributed by atoms with Crippen LogP contribution in [0.5, 0.6) is 0 Å². The molecule has 0 spiro atoms. The summed E-state index contributed by atoms with van der Waals surface area (Å²) in [4.78, 5) is 0. The Morgan fingerprint density at radius 2 is 1.88 bits per heavy atom. The van der Waals surface area contributed by atoms with Crippen LogP contribution >= 0.6 is 23.2 Å². The van der Waals surface area contributed by atoms with Crippen LogP contribution in [0.4, 0.5) is 4.39 Å². The third kappa shape index (κ3) is 3.21. The van der Waals surface area contributed by atoms with Crippen molar-refractivity contribution in [3.05, 3.63) is 81.3 Å². The van der Waals surface area contributed by atoms with Gasteiger partial charge in [0, 0.05) is 16.2 Å². The van der Waals surface area contributed by atoms with Crippen LogP contribution in [-0.4, -0.2) is 16.4 Å². The molecule has 0 bridgehead atoms. The van der Waals surface area contributed by atoms with Crippen LogP contribution in [0.15, 0.2) is 48.7 Å². The molecule has 0 saturated heterocycles. The summed E-state index contributed by atoms with van der Waals surface area (Å²) >= 11 is 12.3. The van der Waals surface area contributed by atoms with E-state index in [1.165, 1.54) is 12.1 Å². The molecule has 3 nitrogen and oxygen atoms in total. The van der Waals surface area contributed by atoms with Gasteiger partial charge >= 0.3 is 0 Å². The van der Waals surface area contributed by atoms with Crippen molar-refractivity contribution in [3.8, 4) is 5.69 Å². The Morgan fingerprint density at radius 3 is 2.64 bits per heavy atom. The quantitative estimate of drug-likeness (QED) is 0.601. The molecule has 0 radical (unpaired) electrons. The van der Waals surface area contributed by atoms with Crippen molar-refractivity contribution in [3.63, 3.8) is 0 Å². The molecular weight excluding hydrogens is 362 g/mol. The van der Waals surface area contributed by atoms with Gasteiger partial charge in [0.15, 0.2) is 0 Å². The maximum atomic E-state index is 13.1. The van der Waals surface area contributed by atoms with Gasteiger partial charge in [-0.1, -0.05) is 35.3 Å². The van der Waals surface area contributed by atoms with Gasteiger partial charge < -0.3 is 4.74 Å². The molecule has 126 valence electrons. The third-order valence-electron chi connectivity index (χ3n) is 4.01. The van der Waals surface area contributed by atoms with Gasteiger partial charge in [0.25, 0.3) is 0 Å². The van der Waals surface area contributed by atoms with Gasteiger partial charge in [0.1, 0.15) is 5.82 Å². The standard InChI is InChI=1S/C19H13Cl2FN2O/c20-15-3-6-18(17(21)8-15)24-19-13(10-25-11-14(19)9-23-24)7-12-1-4-16(22)5-2-12/h1-9H,10-11H2/b13-7+. The van der Waals surface area contributed by atoms with E-state index >= 15 is 0 Å². The smallest absolute Gasteiger partial charge is 0.123 e. The summed E-state index contributed by atoms with van der Waals surface area (Å²) < 4.78 is 20.6. The average molecular weight is 375 g/mol. The third-order valence-corrected chi connectivity index (χ3v) is 4.55. The molecule has 0 unspecified atom stereocenters. The lowest BCUT2D eigenvalue weighted by Crippen LogP contribution is -2.12. The molecule has 1 aliphatic rings. The largest absolute Gasteiger partial charge is 0.372 e. The van der Waals surface area contributed by atoms with Gasteiger partial charge in [-0.2, -0.15) is 5.10 Å². The summed E-state index contributed by atoms with van der Waals surface area (Å²) in [5.41, 5.74) is 4.52. The number of nitrogens with zero attached hydrogens (tertiary/aromatic N) is 2. The molecule has 0 fully saturated rings. The molecule has 2 aromatic carbocycles. The number of fused-ring (bicyclic) bond motifs is 1. The molecule has 1 aliphatic heterocycles. The number of benzene rings is 2. The van der Waals surface area contributed by atoms with Crippen molar-refractivity contribution >= 4 is 34.9 Å². The van der Waals surface area contributed by atoms with Crippen molar-refractivity contribution in [2.45, 2.75) is 6.61 Å². The second kappa shape index (κ2) is 6.64. The molecule has 1 aromatic heterocycles. The van der Waals surface area contributed by atoms with E-state index in [-0.39, 0.29) is 5.82 Å². The number of hydrogen-bond acceptors (Lipinski definition) is 2. The van der Waals surface area contributed by atoms with Gasteiger partial charge in [-0.25, -0.2) is 9.07 Å². The Kier molecular flexibility index (Phi) is 4.34. The summed E-state index contributed by atoms with van der Waals surface area (Å²) in [5, 5.41) is 5.56. The Morgan fingerprint density at radius 1 is 1.08 bits per heavy atom. The molecule has 0 N–H and O–H groups in total. The van der Waals surface area contributed by atoms with Crippen LogP contribution in [-0.2, 0) is 11.3 Å². The fourth-order valence-corrected chi connectivity index (χ4v) is 3.36. The SMILES string of the molecule is Fc1ccc(/C=C2\COCc3cnn(-c4ccc(Cl)cc4Cl)c32)cc1. The van der Waals surface area contributed by atoms with E-state index in [2.05, 4.69) is 5.10 Å². The molecule has 4 rings (SSSR count). The number of hydrogen-bond donors (Lipinski definition) is 0. The Bertz CT molecular complexity index is 964. The monoisotopic (exact) mass is 374 g/mol. The van der Waals surface area contributed by atoms with Crippen molar-refractivity contribution < 1.29 is 9.13 Å². The van der Waals surface area contributed by atoms with E-state index in [1.807, 2.05) is 12.1 Å². The van der Waals surface area contributed by atoms with Crippen molar-refractivity contribution in [1.29, 1.82) is 0 Å². The van der Waals surface area contributed by atoms with E-state index in [9.17, 15) is 4.39 Å². The Balaban J connectivity index is 1.83. The van der Waals surface area contributed by atoms with E-state index in [0.29, 0.717) is 23.3 Å². The van der Waals surface area contributed by atoms with Crippen molar-refractivity contribution in [2.75, 3.05) is 6.61 Å². The Labute approximate surface area is 154 Å². The van der Waals surface area contributed by atoms with Crippen LogP contribution < -0.4 is 0 Å². The van der Waals surface area contributed by atoms with Gasteiger partial charge in [-0.15, -0.1) is 0 Å². The molecule has 0 amide bonds. The summed E-state index contributed by atoms with van der Waals surface area (Å²) in [6.07, 6.45) is 3.75. The van der Waals surface area contributed by atoms with Gasteiger partial charge in [-0.3, -0.25) is 0 Å². The number of ether oxygens (including phenoxy) is 1. The van der Waals surface area contributed by atoms with E-state index < -0.39 is 0 Å². The zero-order valence-corrected chi connectivity index (χ0v) is 14.6. The first-order valence-corrected chi connectivity index (χ1v) is 8.44. The fraction of sp³-hybridized carbons (Fsp3) is 0.105. The maximum Gasteiger partial charge on any atom is 0.123 e. The van der Waals surface area contributed by atoms with Crippen LogP contribution in [0.2, 0.25) is 10.0 Å². The predicted octanol–water partition coefficient (Wildman–Crippen LogP) is 5.39. The molecule has 6 heteroatoms. The second-order valence-corrected chi connectivity index (χ2v) is 6.58. The first kappa shape index (κ1) is 16.3. The van der Waals surface area contributed by atoms with Crippen LogP contribution in [0, 0.1) is 5.82 Å². The highest BCUT2D eigenvalue weighted by Crippen LogP contribution is 2.32. The summed E-state index contributed by atoms with van der Waals surface area (Å²) in [6.45, 7) is 0.933. The lowest BCUT2D eigenvalue weighted by Gasteiger charge is -2.19. The highest BCUT2D eigenvalue weighted by Gasteiger charge is 2.22. The van der Waals surface area contributed by atoms with Crippen LogP contribution in [0.1, 0.15) is 16.8 Å². The van der Waals surface area contributed by atoms with E-state index in [1.54, 1.807) is 35.1 Å². The van der Waals surface area contributed by atoms with Gasteiger partial charge in [0.2, 0.25) is 0 Å². The summed E-state index contributed by atoms with van der Waals surface area (Å²) in [5.74, 6) is -0.263. The molecule has 25 heavy (non-hydrogen) atoms. The first-order chi connectivity index (χ1) is 12.1. The normalized spacial score (nSPS) is 15.4. The summed E-state index contributed by atoms with van der Waals surface area (Å²) in [6, 6.07) is 11.6. The molecule has 3 aromatic rings. The molecule has 2 heterocycles. The van der Waals surface area contributed by atoms with Crippen molar-refractivity contribution in [1.82, 2.24) is 9.78 Å². The number of rotatable bonds is 2. The van der Waals surface area contributed by atoms with Gasteiger partial charge in [0.05, 0.1) is 35.8 Å². The fourth-order valence-electron chi connectivity index (χ4n) is 2.88. The minimum atomic E-state index is -0.263.